The first-order chi connectivity index (χ1) is 23.4. The van der Waals surface area contributed by atoms with Crippen molar-refractivity contribution in [1.82, 2.24) is 9.97 Å². The molecule has 257 valence electrons. The van der Waals surface area contributed by atoms with Gasteiger partial charge in [-0.05, 0) is 52.3 Å². The summed E-state index contributed by atoms with van der Waals surface area (Å²) in [5, 5.41) is 2.22. The number of furan rings is 1. The molecule has 3 heterocycles. The molecule has 0 atom stereocenters. The van der Waals surface area contributed by atoms with E-state index in [0.29, 0.717) is 5.92 Å². The maximum absolute atomic E-state index is 6.43. The van der Waals surface area contributed by atoms with Gasteiger partial charge in [-0.3, -0.25) is 0 Å². The quantitative estimate of drug-likeness (QED) is 0.123. The van der Waals surface area contributed by atoms with Crippen LogP contribution in [0, 0.1) is 18.1 Å². The van der Waals surface area contributed by atoms with Gasteiger partial charge in [-0.15, -0.1) is 18.2 Å². The summed E-state index contributed by atoms with van der Waals surface area (Å²) in [6.07, 6.45) is 4.96. The van der Waals surface area contributed by atoms with Gasteiger partial charge in [0.15, 0.2) is 0 Å². The maximum Gasteiger partial charge on any atom is 0 e. The normalized spacial score (nSPS) is 11.7. The van der Waals surface area contributed by atoms with E-state index in [-0.39, 0.29) is 25.5 Å². The fraction of sp³-hybridized carbons (Fsp3) is 0.244. The van der Waals surface area contributed by atoms with Gasteiger partial charge in [-0.1, -0.05) is 93.6 Å². The Morgan fingerprint density at radius 2 is 1.50 bits per heavy atom. The zero-order valence-corrected chi connectivity index (χ0v) is 34.9. The molecule has 0 saturated carbocycles. The van der Waals surface area contributed by atoms with E-state index in [1.807, 2.05) is 42.7 Å². The summed E-state index contributed by atoms with van der Waals surface area (Å²) >= 11 is -1.72. The maximum atomic E-state index is 6.43. The molecule has 50 heavy (non-hydrogen) atoms. The van der Waals surface area contributed by atoms with Gasteiger partial charge in [0.05, 0.1) is 5.58 Å². The second-order valence-corrected chi connectivity index (χ2v) is 26.0. The molecule has 7 aromatic rings. The third-order valence-electron chi connectivity index (χ3n) is 8.86. The standard InChI is InChI=1S/C31H30NO.C14H16GeN.Ir/c1-20(2)17-21-15-16-32-28(18-21)27-8-6-7-26-25-14-11-23(19-29(25)33-30(26)27)22-9-12-24(13-10-22)31(3,4)5;1-15(2,3)13-9-10-14(16-11-13)12-7-5-4-6-8-12;/h6-7,9-16,18-20H,17H2,1-5H3;4-7,9-11H,1-3H3;/q2*-1;. The van der Waals surface area contributed by atoms with Crippen molar-refractivity contribution in [3.05, 3.63) is 139 Å². The molecule has 0 fully saturated rings. The van der Waals surface area contributed by atoms with Crippen molar-refractivity contribution in [1.29, 1.82) is 0 Å². The third-order valence-corrected chi connectivity index (χ3v) is 13.1. The van der Waals surface area contributed by atoms with Crippen molar-refractivity contribution < 1.29 is 24.5 Å². The Morgan fingerprint density at radius 3 is 2.14 bits per heavy atom. The van der Waals surface area contributed by atoms with Gasteiger partial charge in [0.1, 0.15) is 5.58 Å². The number of hydrogen-bond donors (Lipinski definition) is 0. The Bertz CT molecular complexity index is 2170. The summed E-state index contributed by atoms with van der Waals surface area (Å²) in [6, 6.07) is 42.5. The van der Waals surface area contributed by atoms with Crippen LogP contribution in [0.5, 0.6) is 0 Å². The van der Waals surface area contributed by atoms with E-state index < -0.39 is 13.3 Å². The molecule has 0 unspecified atom stereocenters. The summed E-state index contributed by atoms with van der Waals surface area (Å²) in [7, 11) is 0. The van der Waals surface area contributed by atoms with Gasteiger partial charge >= 0.3 is 99.8 Å². The monoisotopic (exact) mass is 897 g/mol. The Balaban J connectivity index is 0.000000241. The molecule has 7 rings (SSSR count). The molecule has 0 saturated heterocycles. The van der Waals surface area contributed by atoms with Gasteiger partial charge in [-0.25, -0.2) is 0 Å². The van der Waals surface area contributed by atoms with E-state index in [1.165, 1.54) is 21.1 Å². The number of hydrogen-bond acceptors (Lipinski definition) is 3. The van der Waals surface area contributed by atoms with Gasteiger partial charge in [-0.2, -0.15) is 0 Å². The minimum absolute atomic E-state index is 0. The molecule has 0 spiro atoms. The second-order valence-electron chi connectivity index (χ2n) is 15.3. The second kappa shape index (κ2) is 15.6. The molecule has 5 heteroatoms. The van der Waals surface area contributed by atoms with Crippen LogP contribution < -0.4 is 4.40 Å². The molecule has 0 amide bonds. The van der Waals surface area contributed by atoms with Crippen LogP contribution in [-0.4, -0.2) is 23.2 Å². The zero-order chi connectivity index (χ0) is 34.8. The molecular weight excluding hydrogens is 849 g/mol. The van der Waals surface area contributed by atoms with E-state index in [9.17, 15) is 0 Å². The Hall–Kier alpha value is -3.83. The minimum atomic E-state index is -1.72. The first-order valence-corrected chi connectivity index (χ1v) is 24.6. The fourth-order valence-electron chi connectivity index (χ4n) is 6.03. The van der Waals surface area contributed by atoms with Crippen molar-refractivity contribution in [3.8, 4) is 33.6 Å². The molecule has 3 nitrogen and oxygen atoms in total. The predicted molar refractivity (Wildman–Crippen MR) is 210 cm³/mol. The third kappa shape index (κ3) is 8.72. The molecule has 3 aromatic heterocycles. The number of nitrogens with zero attached hydrogens (tertiary/aromatic N) is 2. The van der Waals surface area contributed by atoms with Gasteiger partial charge in [0, 0.05) is 31.7 Å². The molecule has 0 aliphatic rings. The SMILES string of the molecule is CC(C)Cc1ccnc(-c2[c-]ccc3c2oc2cc(-c4ccc(C(C)(C)C)cc4)ccc23)c1.[CH3][Ge]([CH3])([CH3])[c]1ccc(-c2[c-]cccc2)nc1.[Ir]. The molecule has 0 N–H and O–H groups in total. The van der Waals surface area contributed by atoms with Crippen LogP contribution >= 0.6 is 0 Å². The number of aromatic nitrogens is 2. The van der Waals surface area contributed by atoms with Crippen molar-refractivity contribution in [2.24, 2.45) is 5.92 Å². The number of fused-ring (bicyclic) bond motifs is 3. The summed E-state index contributed by atoms with van der Waals surface area (Å²) in [5.74, 6) is 7.74. The predicted octanol–water partition coefficient (Wildman–Crippen LogP) is 11.7. The van der Waals surface area contributed by atoms with Crippen molar-refractivity contribution in [3.63, 3.8) is 0 Å². The zero-order valence-electron chi connectivity index (χ0n) is 30.4. The van der Waals surface area contributed by atoms with Crippen LogP contribution in [-0.2, 0) is 31.9 Å². The first-order valence-electron chi connectivity index (χ1n) is 17.2. The molecule has 0 bridgehead atoms. The van der Waals surface area contributed by atoms with Crippen LogP contribution in [0.25, 0.3) is 55.6 Å². The molecule has 0 aliphatic carbocycles. The largest absolute Gasteiger partial charge is 0 e. The fourth-order valence-corrected chi connectivity index (χ4v) is 8.20. The van der Waals surface area contributed by atoms with Gasteiger partial charge < -0.3 is 9.40 Å². The summed E-state index contributed by atoms with van der Waals surface area (Å²) in [6.45, 7) is 11.2. The molecule has 1 radical (unpaired) electrons. The summed E-state index contributed by atoms with van der Waals surface area (Å²) in [4.78, 5) is 9.17. The van der Waals surface area contributed by atoms with Crippen LogP contribution in [0.15, 0.2) is 120 Å². The molecule has 0 aliphatic heterocycles. The van der Waals surface area contributed by atoms with Crippen molar-refractivity contribution >= 4 is 39.6 Å². The first kappa shape index (κ1) is 37.4. The topological polar surface area (TPSA) is 38.9 Å². The Morgan fingerprint density at radius 1 is 0.740 bits per heavy atom. The average Bonchev–Trinajstić information content (AvgIpc) is 3.46. The van der Waals surface area contributed by atoms with Crippen molar-refractivity contribution in [2.45, 2.75) is 63.7 Å². The number of pyridine rings is 2. The summed E-state index contributed by atoms with van der Waals surface area (Å²) in [5.41, 5.74) is 10.8. The van der Waals surface area contributed by atoms with Crippen LogP contribution in [0.2, 0.25) is 17.3 Å². The van der Waals surface area contributed by atoms with E-state index in [0.717, 1.165) is 56.4 Å². The van der Waals surface area contributed by atoms with E-state index in [1.54, 1.807) is 0 Å². The van der Waals surface area contributed by atoms with E-state index in [4.69, 9.17) is 4.42 Å². The van der Waals surface area contributed by atoms with Crippen LogP contribution in [0.4, 0.5) is 0 Å². The Kier molecular flexibility index (Phi) is 11.7. The minimum Gasteiger partial charge on any atom is 0 e. The summed E-state index contributed by atoms with van der Waals surface area (Å²) < 4.78 is 7.87. The van der Waals surface area contributed by atoms with Crippen LogP contribution in [0.1, 0.15) is 45.7 Å². The molecule has 4 aromatic carbocycles. The number of rotatable bonds is 6. The number of benzene rings is 4. The van der Waals surface area contributed by atoms with Crippen molar-refractivity contribution in [2.75, 3.05) is 0 Å². The average molecular weight is 896 g/mol. The smallest absolute Gasteiger partial charge is 0 e. The van der Waals surface area contributed by atoms with E-state index >= 15 is 0 Å². The Labute approximate surface area is 314 Å². The van der Waals surface area contributed by atoms with Gasteiger partial charge in [0.25, 0.3) is 0 Å². The van der Waals surface area contributed by atoms with Gasteiger partial charge in [0.2, 0.25) is 0 Å². The van der Waals surface area contributed by atoms with Crippen LogP contribution in [0.3, 0.4) is 0 Å². The van der Waals surface area contributed by atoms with E-state index in [2.05, 4.69) is 147 Å². The molecular formula is C45H46GeIrN2O-2.